The summed E-state index contributed by atoms with van der Waals surface area (Å²) in [6, 6.07) is 24.6. The Kier molecular flexibility index (Phi) is 6.44. The molecule has 0 aliphatic rings. The van der Waals surface area contributed by atoms with Gasteiger partial charge in [-0.25, -0.2) is 0 Å². The number of benzene rings is 3. The predicted octanol–water partition coefficient (Wildman–Crippen LogP) is 2.09. The second kappa shape index (κ2) is 9.19. The summed E-state index contributed by atoms with van der Waals surface area (Å²) in [5.74, 6) is 0.643. The van der Waals surface area contributed by atoms with E-state index in [1.165, 1.54) is 10.5 Å². The molecule has 0 aliphatic carbocycles. The van der Waals surface area contributed by atoms with E-state index in [1.54, 1.807) is 0 Å². The number of ether oxygens (including phenoxy) is 1. The minimum atomic E-state index is -0.0951. The molecule has 0 aromatic heterocycles. The minimum absolute atomic E-state index is 0.0226. The number of hydrogen-bond acceptors (Lipinski definition) is 2. The molecule has 0 spiro atoms. The van der Waals surface area contributed by atoms with Crippen molar-refractivity contribution in [1.82, 2.24) is 5.32 Å². The van der Waals surface area contributed by atoms with Crippen LogP contribution in [0, 0.1) is 0 Å². The van der Waals surface area contributed by atoms with E-state index in [4.69, 9.17) is 4.74 Å². The Bertz CT molecular complexity index is 872. The third kappa shape index (κ3) is 5.31. The Balaban J connectivity index is 1.53. The van der Waals surface area contributed by atoms with Gasteiger partial charge in [-0.3, -0.25) is 4.79 Å². The van der Waals surface area contributed by atoms with Crippen LogP contribution in [0.2, 0.25) is 0 Å². The van der Waals surface area contributed by atoms with E-state index in [9.17, 15) is 4.79 Å². The lowest BCUT2D eigenvalue weighted by Crippen LogP contribution is -3.11. The third-order valence-corrected chi connectivity index (χ3v) is 4.80. The molecule has 140 valence electrons. The standard InChI is InChI=1S/C23H26N2O2/c1-25(2)20(15-18-9-4-3-5-10-18)16-24-23(26)17-27-22-14-8-12-19-11-6-7-13-21(19)22/h3-14,20H,15-17H2,1-2H3,(H,24,26)/p+1/t20-/m0/s1. The zero-order valence-electron chi connectivity index (χ0n) is 15.9. The Hall–Kier alpha value is -2.85. The highest BCUT2D eigenvalue weighted by Crippen LogP contribution is 2.24. The first-order chi connectivity index (χ1) is 13.1. The van der Waals surface area contributed by atoms with Crippen LogP contribution in [-0.4, -0.2) is 39.2 Å². The Morgan fingerprint density at radius 1 is 0.963 bits per heavy atom. The Morgan fingerprint density at radius 3 is 2.44 bits per heavy atom. The number of hydrogen-bond donors (Lipinski definition) is 2. The van der Waals surface area contributed by atoms with Crippen LogP contribution in [0.1, 0.15) is 5.56 Å². The maximum absolute atomic E-state index is 12.3. The number of quaternary nitrogens is 1. The van der Waals surface area contributed by atoms with Gasteiger partial charge >= 0.3 is 0 Å². The van der Waals surface area contributed by atoms with Gasteiger partial charge in [0.05, 0.1) is 20.6 Å². The Labute approximate surface area is 160 Å². The summed E-state index contributed by atoms with van der Waals surface area (Å²) in [5, 5.41) is 5.14. The molecule has 0 bridgehead atoms. The highest BCUT2D eigenvalue weighted by atomic mass is 16.5. The highest BCUT2D eigenvalue weighted by molar-refractivity contribution is 5.88. The fourth-order valence-corrected chi connectivity index (χ4v) is 3.13. The monoisotopic (exact) mass is 363 g/mol. The van der Waals surface area contributed by atoms with Crippen molar-refractivity contribution in [3.8, 4) is 5.75 Å². The molecule has 1 amide bonds. The number of rotatable bonds is 8. The lowest BCUT2D eigenvalue weighted by atomic mass is 10.1. The summed E-state index contributed by atoms with van der Waals surface area (Å²) in [7, 11) is 4.23. The largest absolute Gasteiger partial charge is 0.483 e. The van der Waals surface area contributed by atoms with Crippen molar-refractivity contribution in [1.29, 1.82) is 0 Å². The van der Waals surface area contributed by atoms with Crippen LogP contribution in [0.25, 0.3) is 10.8 Å². The van der Waals surface area contributed by atoms with Gasteiger partial charge in [0.25, 0.3) is 5.91 Å². The number of amides is 1. The molecular weight excluding hydrogens is 336 g/mol. The second-order valence-corrected chi connectivity index (χ2v) is 7.03. The number of carbonyl (C=O) groups is 1. The molecule has 0 fully saturated rings. The van der Waals surface area contributed by atoms with Gasteiger partial charge in [0.1, 0.15) is 11.8 Å². The normalized spacial score (nSPS) is 12.1. The quantitative estimate of drug-likeness (QED) is 0.644. The van der Waals surface area contributed by atoms with Crippen LogP contribution >= 0.6 is 0 Å². The average molecular weight is 363 g/mol. The topological polar surface area (TPSA) is 42.8 Å². The molecule has 3 rings (SSSR count). The predicted molar refractivity (Wildman–Crippen MR) is 109 cm³/mol. The maximum Gasteiger partial charge on any atom is 0.258 e. The second-order valence-electron chi connectivity index (χ2n) is 7.03. The molecule has 0 unspecified atom stereocenters. The van der Waals surface area contributed by atoms with E-state index < -0.39 is 0 Å². The molecule has 0 heterocycles. The number of fused-ring (bicyclic) bond motifs is 1. The molecule has 2 N–H and O–H groups in total. The van der Waals surface area contributed by atoms with Gasteiger partial charge in [0.15, 0.2) is 6.61 Å². The molecule has 3 aromatic carbocycles. The number of likely N-dealkylation sites (N-methyl/N-ethyl adjacent to an activating group) is 1. The SMILES string of the molecule is C[NH+](C)[C@H](CNC(=O)COc1cccc2ccccc12)Cc1ccccc1. The van der Waals surface area contributed by atoms with E-state index in [1.807, 2.05) is 60.7 Å². The molecule has 0 radical (unpaired) electrons. The maximum atomic E-state index is 12.3. The molecule has 4 heteroatoms. The van der Waals surface area contributed by atoms with Crippen LogP contribution in [0.4, 0.5) is 0 Å². The average Bonchev–Trinajstić information content (AvgIpc) is 2.70. The van der Waals surface area contributed by atoms with Crippen LogP contribution in [0.15, 0.2) is 72.8 Å². The van der Waals surface area contributed by atoms with Gasteiger partial charge in [-0.1, -0.05) is 66.7 Å². The number of carbonyl (C=O) groups excluding carboxylic acids is 1. The van der Waals surface area contributed by atoms with E-state index in [0.717, 1.165) is 22.9 Å². The first kappa shape index (κ1) is 18.9. The minimum Gasteiger partial charge on any atom is -0.483 e. The first-order valence-corrected chi connectivity index (χ1v) is 9.34. The van der Waals surface area contributed by atoms with Gasteiger partial charge < -0.3 is 15.0 Å². The van der Waals surface area contributed by atoms with Crippen molar-refractivity contribution in [3.63, 3.8) is 0 Å². The molecule has 27 heavy (non-hydrogen) atoms. The van der Waals surface area contributed by atoms with E-state index in [-0.39, 0.29) is 12.5 Å². The summed E-state index contributed by atoms with van der Waals surface area (Å²) < 4.78 is 5.77. The fraction of sp³-hybridized carbons (Fsp3) is 0.261. The Morgan fingerprint density at radius 2 is 1.67 bits per heavy atom. The molecule has 1 atom stereocenters. The summed E-state index contributed by atoms with van der Waals surface area (Å²) >= 11 is 0. The molecule has 0 saturated carbocycles. The lowest BCUT2D eigenvalue weighted by Gasteiger charge is -2.22. The molecule has 4 nitrogen and oxygen atoms in total. The van der Waals surface area contributed by atoms with E-state index in [0.29, 0.717) is 12.6 Å². The zero-order chi connectivity index (χ0) is 19.1. The van der Waals surface area contributed by atoms with Gasteiger partial charge in [-0.2, -0.15) is 0 Å². The van der Waals surface area contributed by atoms with Crippen molar-refractivity contribution in [3.05, 3.63) is 78.4 Å². The van der Waals surface area contributed by atoms with Gasteiger partial charge in [0, 0.05) is 11.8 Å². The van der Waals surface area contributed by atoms with Crippen LogP contribution in [-0.2, 0) is 11.2 Å². The smallest absolute Gasteiger partial charge is 0.258 e. The summed E-state index contributed by atoms with van der Waals surface area (Å²) in [5.41, 5.74) is 1.28. The van der Waals surface area contributed by atoms with Crippen molar-refractivity contribution >= 4 is 16.7 Å². The van der Waals surface area contributed by atoms with Gasteiger partial charge in [-0.15, -0.1) is 0 Å². The van der Waals surface area contributed by atoms with Crippen molar-refractivity contribution in [2.24, 2.45) is 0 Å². The van der Waals surface area contributed by atoms with Crippen LogP contribution < -0.4 is 15.0 Å². The summed E-state index contributed by atoms with van der Waals surface area (Å²) in [6.07, 6.45) is 0.924. The van der Waals surface area contributed by atoms with Gasteiger partial charge in [0.2, 0.25) is 0 Å². The first-order valence-electron chi connectivity index (χ1n) is 9.34. The van der Waals surface area contributed by atoms with E-state index in [2.05, 4.69) is 31.5 Å². The molecule has 0 saturated heterocycles. The summed E-state index contributed by atoms with van der Waals surface area (Å²) in [4.78, 5) is 13.6. The fourth-order valence-electron chi connectivity index (χ4n) is 3.13. The van der Waals surface area contributed by atoms with Crippen LogP contribution in [0.5, 0.6) is 5.75 Å². The lowest BCUT2D eigenvalue weighted by molar-refractivity contribution is -0.884. The van der Waals surface area contributed by atoms with E-state index >= 15 is 0 Å². The molecule has 3 aromatic rings. The summed E-state index contributed by atoms with van der Waals surface area (Å²) in [6.45, 7) is 0.643. The molecular formula is C23H27N2O2+. The van der Waals surface area contributed by atoms with Crippen LogP contribution in [0.3, 0.4) is 0 Å². The highest BCUT2D eigenvalue weighted by Gasteiger charge is 2.17. The third-order valence-electron chi connectivity index (χ3n) is 4.80. The van der Waals surface area contributed by atoms with Gasteiger partial charge in [-0.05, 0) is 17.0 Å². The van der Waals surface area contributed by atoms with Crippen molar-refractivity contribution in [2.75, 3.05) is 27.2 Å². The zero-order valence-corrected chi connectivity index (χ0v) is 15.9. The number of nitrogens with one attached hydrogen (secondary N) is 2. The van der Waals surface area contributed by atoms with Crippen molar-refractivity contribution < 1.29 is 14.4 Å². The van der Waals surface area contributed by atoms with Crippen molar-refractivity contribution in [2.45, 2.75) is 12.5 Å². The molecule has 0 aliphatic heterocycles.